The third-order valence-electron chi connectivity index (χ3n) is 1.05. The topological polar surface area (TPSA) is 87.0 Å². The van der Waals surface area contributed by atoms with Crippen molar-refractivity contribution in [1.29, 1.82) is 0 Å². The summed E-state index contributed by atoms with van der Waals surface area (Å²) in [6.45, 7) is -0.457. The second-order valence-electron chi connectivity index (χ2n) is 2.00. The lowest BCUT2D eigenvalue weighted by molar-refractivity contribution is -0.141. The van der Waals surface area contributed by atoms with E-state index in [9.17, 15) is 4.79 Å². The highest BCUT2D eigenvalue weighted by molar-refractivity contribution is 5.67. The van der Waals surface area contributed by atoms with E-state index in [0.717, 1.165) is 0 Å². The van der Waals surface area contributed by atoms with Gasteiger partial charge in [0.1, 0.15) is 0 Å². The van der Waals surface area contributed by atoms with Gasteiger partial charge in [-0.3, -0.25) is 4.79 Å². The molecule has 0 aliphatic heterocycles. The molecule has 0 fully saturated rings. The summed E-state index contributed by atoms with van der Waals surface area (Å²) in [7, 11) is 0. The summed E-state index contributed by atoms with van der Waals surface area (Å²) in [6, 6.07) is 0. The van der Waals surface area contributed by atoms with Gasteiger partial charge in [0, 0.05) is 0 Å². The molecule has 1 unspecified atom stereocenters. The molecule has 0 radical (unpaired) electrons. The molecule has 0 aromatic heterocycles. The van der Waals surface area contributed by atoms with Gasteiger partial charge in [0.15, 0.2) is 0 Å². The van der Waals surface area contributed by atoms with Gasteiger partial charge in [-0.2, -0.15) is 0 Å². The average Bonchev–Trinajstić information content (AvgIpc) is 1.97. The molecule has 0 saturated heterocycles. The van der Waals surface area contributed by atoms with Crippen molar-refractivity contribution in [1.82, 2.24) is 0 Å². The summed E-state index contributed by atoms with van der Waals surface area (Å²) in [6.07, 6.45) is -0.948. The van der Waals surface area contributed by atoms with E-state index in [2.05, 4.69) is 0 Å². The van der Waals surface area contributed by atoms with Gasteiger partial charge in [0.2, 0.25) is 0 Å². The summed E-state index contributed by atoms with van der Waals surface area (Å²) in [5, 5.41) is 25.1. The molecule has 1 atom stereocenters. The van der Waals surface area contributed by atoms with Crippen LogP contribution in [0.2, 0.25) is 0 Å². The number of ether oxygens (including phenoxy) is 1. The predicted molar refractivity (Wildman–Crippen MR) is 36.2 cm³/mol. The Kier molecular flexibility index (Phi) is 5.73. The molecule has 0 saturated carbocycles. The quantitative estimate of drug-likeness (QED) is 0.460. The highest BCUT2D eigenvalue weighted by atomic mass is 16.5. The van der Waals surface area contributed by atoms with Crippen molar-refractivity contribution < 1.29 is 24.9 Å². The molecule has 0 bridgehead atoms. The van der Waals surface area contributed by atoms with Crippen LogP contribution >= 0.6 is 0 Å². The maximum atomic E-state index is 10.1. The van der Waals surface area contributed by atoms with Crippen LogP contribution in [0.4, 0.5) is 0 Å². The molecular formula is C6H12O5. The highest BCUT2D eigenvalue weighted by Crippen LogP contribution is 1.96. The van der Waals surface area contributed by atoms with Crippen LogP contribution in [-0.2, 0) is 9.53 Å². The molecule has 5 nitrogen and oxygen atoms in total. The van der Waals surface area contributed by atoms with Crippen LogP contribution in [0.5, 0.6) is 0 Å². The Bertz CT molecular complexity index is 114. The first-order valence-corrected chi connectivity index (χ1v) is 3.25. The Morgan fingerprint density at radius 1 is 1.45 bits per heavy atom. The van der Waals surface area contributed by atoms with E-state index in [1.807, 2.05) is 0 Å². The normalized spacial score (nSPS) is 12.9. The summed E-state index contributed by atoms with van der Waals surface area (Å²) >= 11 is 0. The van der Waals surface area contributed by atoms with E-state index in [4.69, 9.17) is 20.1 Å². The standard InChI is InChI=1S/C6H12O5/c7-1-2-11-5(4-8)3-6(9)10/h5,7-8H,1-4H2,(H,9,10). The van der Waals surface area contributed by atoms with Crippen molar-refractivity contribution in [2.24, 2.45) is 0 Å². The van der Waals surface area contributed by atoms with Crippen LogP contribution in [0.1, 0.15) is 6.42 Å². The van der Waals surface area contributed by atoms with Crippen LogP contribution in [0.25, 0.3) is 0 Å². The van der Waals surface area contributed by atoms with Crippen LogP contribution in [0.15, 0.2) is 0 Å². The average molecular weight is 164 g/mol. The zero-order valence-electron chi connectivity index (χ0n) is 6.06. The van der Waals surface area contributed by atoms with Gasteiger partial charge < -0.3 is 20.1 Å². The van der Waals surface area contributed by atoms with Gasteiger partial charge >= 0.3 is 5.97 Å². The number of aliphatic carboxylic acids is 1. The van der Waals surface area contributed by atoms with Crippen molar-refractivity contribution in [2.45, 2.75) is 12.5 Å². The van der Waals surface area contributed by atoms with E-state index >= 15 is 0 Å². The number of aliphatic hydroxyl groups excluding tert-OH is 2. The molecular weight excluding hydrogens is 152 g/mol. The molecule has 0 amide bonds. The van der Waals surface area contributed by atoms with Crippen molar-refractivity contribution in [2.75, 3.05) is 19.8 Å². The van der Waals surface area contributed by atoms with Crippen molar-refractivity contribution in [3.8, 4) is 0 Å². The molecule has 5 heteroatoms. The molecule has 0 rings (SSSR count). The van der Waals surface area contributed by atoms with Crippen LogP contribution in [0.3, 0.4) is 0 Å². The number of aliphatic hydroxyl groups is 2. The first-order valence-electron chi connectivity index (χ1n) is 3.25. The fraction of sp³-hybridized carbons (Fsp3) is 0.833. The van der Waals surface area contributed by atoms with E-state index in [-0.39, 0.29) is 26.2 Å². The number of hydrogen-bond acceptors (Lipinski definition) is 4. The lowest BCUT2D eigenvalue weighted by Gasteiger charge is -2.11. The third kappa shape index (κ3) is 5.78. The maximum Gasteiger partial charge on any atom is 0.306 e. The summed E-state index contributed by atoms with van der Waals surface area (Å²) in [5.74, 6) is -1.03. The summed E-state index contributed by atoms with van der Waals surface area (Å²) < 4.78 is 4.77. The fourth-order valence-electron chi connectivity index (χ4n) is 0.590. The predicted octanol–water partition coefficient (Wildman–Crippen LogP) is -1.17. The van der Waals surface area contributed by atoms with Crippen molar-refractivity contribution in [3.05, 3.63) is 0 Å². The van der Waals surface area contributed by atoms with Crippen LogP contribution in [0, 0.1) is 0 Å². The first kappa shape index (κ1) is 10.3. The minimum absolute atomic E-state index is 0.0541. The van der Waals surface area contributed by atoms with Crippen molar-refractivity contribution in [3.63, 3.8) is 0 Å². The van der Waals surface area contributed by atoms with E-state index < -0.39 is 12.1 Å². The minimum atomic E-state index is -1.03. The number of carboxylic acids is 1. The Hall–Kier alpha value is -0.650. The Morgan fingerprint density at radius 2 is 2.09 bits per heavy atom. The Balaban J connectivity index is 3.49. The largest absolute Gasteiger partial charge is 0.481 e. The van der Waals surface area contributed by atoms with E-state index in [1.54, 1.807) is 0 Å². The maximum absolute atomic E-state index is 10.1. The van der Waals surface area contributed by atoms with Crippen LogP contribution in [-0.4, -0.2) is 47.2 Å². The summed E-state index contributed by atoms with van der Waals surface area (Å²) in [4.78, 5) is 10.1. The van der Waals surface area contributed by atoms with Gasteiger partial charge in [-0.1, -0.05) is 0 Å². The lowest BCUT2D eigenvalue weighted by Crippen LogP contribution is -2.22. The molecule has 0 aliphatic carbocycles. The summed E-state index contributed by atoms with van der Waals surface area (Å²) in [5.41, 5.74) is 0. The smallest absolute Gasteiger partial charge is 0.306 e. The van der Waals surface area contributed by atoms with Gasteiger partial charge in [-0.05, 0) is 0 Å². The number of hydrogen-bond donors (Lipinski definition) is 3. The Labute approximate surface area is 64.2 Å². The lowest BCUT2D eigenvalue weighted by atomic mass is 10.3. The molecule has 3 N–H and O–H groups in total. The van der Waals surface area contributed by atoms with E-state index in [1.165, 1.54) is 0 Å². The molecule has 0 aliphatic rings. The third-order valence-corrected chi connectivity index (χ3v) is 1.05. The van der Waals surface area contributed by atoms with Gasteiger partial charge in [0.25, 0.3) is 0 Å². The number of rotatable bonds is 6. The van der Waals surface area contributed by atoms with E-state index in [0.29, 0.717) is 0 Å². The van der Waals surface area contributed by atoms with Gasteiger partial charge in [0.05, 0.1) is 32.3 Å². The van der Waals surface area contributed by atoms with Gasteiger partial charge in [-0.15, -0.1) is 0 Å². The first-order chi connectivity index (χ1) is 5.20. The fourth-order valence-corrected chi connectivity index (χ4v) is 0.590. The molecule has 0 aromatic carbocycles. The molecule has 0 spiro atoms. The highest BCUT2D eigenvalue weighted by Gasteiger charge is 2.11. The molecule has 11 heavy (non-hydrogen) atoms. The number of carboxylic acid groups (broad SMARTS) is 1. The second kappa shape index (κ2) is 6.09. The monoisotopic (exact) mass is 164 g/mol. The second-order valence-corrected chi connectivity index (χ2v) is 2.00. The Morgan fingerprint density at radius 3 is 2.45 bits per heavy atom. The molecule has 0 aromatic rings. The SMILES string of the molecule is O=C(O)CC(CO)OCCO. The zero-order chi connectivity index (χ0) is 8.69. The van der Waals surface area contributed by atoms with Crippen LogP contribution < -0.4 is 0 Å². The molecule has 66 valence electrons. The number of carbonyl (C=O) groups is 1. The van der Waals surface area contributed by atoms with Crippen molar-refractivity contribution >= 4 is 5.97 Å². The molecule has 0 heterocycles. The van der Waals surface area contributed by atoms with Gasteiger partial charge in [-0.25, -0.2) is 0 Å². The zero-order valence-corrected chi connectivity index (χ0v) is 6.06. The minimum Gasteiger partial charge on any atom is -0.481 e.